The summed E-state index contributed by atoms with van der Waals surface area (Å²) < 4.78 is 84.0. The van der Waals surface area contributed by atoms with Crippen LogP contribution in [0.25, 0.3) is 11.0 Å². The van der Waals surface area contributed by atoms with E-state index in [0.717, 1.165) is 17.2 Å². The van der Waals surface area contributed by atoms with E-state index in [4.69, 9.17) is 4.74 Å². The number of carbonyl (C=O) groups excluding carboxylic acids is 1. The Kier molecular flexibility index (Phi) is 10.6. The van der Waals surface area contributed by atoms with Crippen molar-refractivity contribution < 1.29 is 35.5 Å². The highest BCUT2D eigenvalue weighted by atomic mass is 32.2. The molecule has 2 aromatic carbocycles. The number of halogens is 4. The van der Waals surface area contributed by atoms with Gasteiger partial charge >= 0.3 is 6.18 Å². The number of nitrogens with one attached hydrogen (secondary N) is 2. The topological polar surface area (TPSA) is 106 Å². The van der Waals surface area contributed by atoms with Crippen LogP contribution in [0.1, 0.15) is 49.5 Å². The first-order valence-corrected chi connectivity index (χ1v) is 16.7. The number of anilines is 1. The zero-order valence-corrected chi connectivity index (χ0v) is 27.3. The lowest BCUT2D eigenvalue weighted by Crippen LogP contribution is -2.50. The number of benzene rings is 2. The molecule has 2 heterocycles. The molecule has 1 saturated heterocycles. The molecule has 2 atom stereocenters. The van der Waals surface area contributed by atoms with E-state index in [9.17, 15) is 30.8 Å². The van der Waals surface area contributed by atoms with Gasteiger partial charge in [0.2, 0.25) is 0 Å². The monoisotopic (exact) mass is 665 g/mol. The summed E-state index contributed by atoms with van der Waals surface area (Å²) in [5.41, 5.74) is -0.0793. The molecular weight excluding hydrogens is 626 g/mol. The Hall–Kier alpha value is -3.83. The number of piperidine rings is 1. The Balaban J connectivity index is 1.55. The lowest BCUT2D eigenvalue weighted by molar-refractivity contribution is -0.139. The van der Waals surface area contributed by atoms with Gasteiger partial charge in [-0.1, -0.05) is 18.8 Å². The molecule has 0 spiro atoms. The first kappa shape index (κ1) is 35.0. The van der Waals surface area contributed by atoms with Crippen molar-refractivity contribution in [3.8, 4) is 17.6 Å². The number of likely N-dealkylation sites (tertiary alicyclic amines) is 1. The minimum absolute atomic E-state index is 0.0660. The Morgan fingerprint density at radius 2 is 1.91 bits per heavy atom. The van der Waals surface area contributed by atoms with E-state index in [1.807, 2.05) is 6.92 Å². The summed E-state index contributed by atoms with van der Waals surface area (Å²) >= 11 is 0. The third-order valence-electron chi connectivity index (χ3n) is 7.85. The van der Waals surface area contributed by atoms with Crippen molar-refractivity contribution in [3.05, 3.63) is 47.8 Å². The van der Waals surface area contributed by atoms with Crippen molar-refractivity contribution in [2.45, 2.75) is 62.9 Å². The zero-order valence-electron chi connectivity index (χ0n) is 26.5. The van der Waals surface area contributed by atoms with Crippen LogP contribution in [0.2, 0.25) is 0 Å². The molecule has 1 aromatic heterocycles. The first-order chi connectivity index (χ1) is 21.4. The summed E-state index contributed by atoms with van der Waals surface area (Å²) in [5.74, 6) is 5.71. The van der Waals surface area contributed by atoms with Gasteiger partial charge in [-0.2, -0.15) is 13.2 Å². The van der Waals surface area contributed by atoms with Gasteiger partial charge in [0, 0.05) is 43.6 Å². The quantitative estimate of drug-likeness (QED) is 0.231. The summed E-state index contributed by atoms with van der Waals surface area (Å²) in [6.07, 6.45) is -1.30. The smallest absolute Gasteiger partial charge is 0.406 e. The van der Waals surface area contributed by atoms with Gasteiger partial charge in [0.25, 0.3) is 5.91 Å². The van der Waals surface area contributed by atoms with Crippen LogP contribution >= 0.6 is 0 Å². The number of nitrogens with zero attached hydrogens (tertiary/aromatic N) is 3. The van der Waals surface area contributed by atoms with Gasteiger partial charge in [-0.15, -0.1) is 0 Å². The minimum atomic E-state index is -4.51. The number of hydrogen-bond donors (Lipinski definition) is 2. The number of sulfone groups is 1. The predicted molar refractivity (Wildman–Crippen MR) is 169 cm³/mol. The molecule has 250 valence electrons. The average molecular weight is 666 g/mol. The number of fused-ring (bicyclic) bond motifs is 1. The number of methoxy groups -OCH3 is 1. The highest BCUT2D eigenvalue weighted by Gasteiger charge is 2.31. The number of carbonyl (C=O) groups is 1. The molecule has 0 aliphatic carbocycles. The third-order valence-corrected chi connectivity index (χ3v) is 8.96. The number of alkyl halides is 4. The van der Waals surface area contributed by atoms with Crippen LogP contribution in [-0.2, 0) is 16.4 Å². The van der Waals surface area contributed by atoms with Gasteiger partial charge in [0.1, 0.15) is 23.5 Å². The van der Waals surface area contributed by atoms with Crippen LogP contribution in [0, 0.1) is 17.8 Å². The summed E-state index contributed by atoms with van der Waals surface area (Å²) in [6, 6.07) is 7.17. The molecule has 2 N–H and O–H groups in total. The Morgan fingerprint density at radius 1 is 1.17 bits per heavy atom. The van der Waals surface area contributed by atoms with Gasteiger partial charge in [-0.05, 0) is 56.9 Å². The molecule has 1 fully saturated rings. The normalized spacial score (nSPS) is 17.8. The van der Waals surface area contributed by atoms with E-state index >= 15 is 0 Å². The second kappa shape index (κ2) is 13.9. The molecule has 14 heteroatoms. The van der Waals surface area contributed by atoms with Crippen LogP contribution in [-0.4, -0.2) is 86.2 Å². The number of rotatable bonds is 10. The van der Waals surface area contributed by atoms with Crippen LogP contribution in [0.3, 0.4) is 0 Å². The molecule has 9 nitrogen and oxygen atoms in total. The number of ether oxygens (including phenoxy) is 1. The van der Waals surface area contributed by atoms with Gasteiger partial charge < -0.3 is 24.8 Å². The van der Waals surface area contributed by atoms with E-state index in [-0.39, 0.29) is 40.0 Å². The van der Waals surface area contributed by atoms with Crippen molar-refractivity contribution in [1.29, 1.82) is 0 Å². The Bertz CT molecular complexity index is 1740. The summed E-state index contributed by atoms with van der Waals surface area (Å²) in [7, 11) is -2.03. The molecule has 0 unspecified atom stereocenters. The summed E-state index contributed by atoms with van der Waals surface area (Å²) in [4.78, 5) is 20.0. The van der Waals surface area contributed by atoms with E-state index in [1.54, 1.807) is 19.9 Å². The summed E-state index contributed by atoms with van der Waals surface area (Å²) in [5, 5.41) is 6.08. The van der Waals surface area contributed by atoms with Crippen molar-refractivity contribution in [2.75, 3.05) is 44.9 Å². The predicted octanol–water partition coefficient (Wildman–Crippen LogP) is 5.05. The van der Waals surface area contributed by atoms with E-state index in [0.29, 0.717) is 49.5 Å². The van der Waals surface area contributed by atoms with E-state index in [1.165, 1.54) is 31.4 Å². The van der Waals surface area contributed by atoms with Crippen LogP contribution in [0.15, 0.2) is 41.6 Å². The van der Waals surface area contributed by atoms with Crippen LogP contribution in [0.4, 0.5) is 23.2 Å². The number of aromatic nitrogens is 2. The maximum atomic E-state index is 14.0. The first-order valence-electron chi connectivity index (χ1n) is 14.8. The largest absolute Gasteiger partial charge is 0.495 e. The van der Waals surface area contributed by atoms with Gasteiger partial charge in [0.05, 0.1) is 41.6 Å². The molecule has 0 saturated carbocycles. The van der Waals surface area contributed by atoms with Crippen molar-refractivity contribution in [3.63, 3.8) is 0 Å². The van der Waals surface area contributed by atoms with Crippen molar-refractivity contribution in [2.24, 2.45) is 5.92 Å². The molecular formula is C32H39F4N5O4S. The summed E-state index contributed by atoms with van der Waals surface area (Å²) in [6.45, 7) is 5.88. The maximum Gasteiger partial charge on any atom is 0.406 e. The fourth-order valence-corrected chi connectivity index (χ4v) is 6.02. The fourth-order valence-electron chi connectivity index (χ4n) is 5.38. The standard InChI is InChI=1S/C32H39F4N5O4S/c1-21-18-40(14-11-31(2,3)33)13-10-25(21)39-30(42)24-15-22(16-27-29(24)38-20-41(27)19-32(34,35)36)7-6-12-37-26-9-8-23(46(5,43)44)17-28(26)45-4/h8-9,15-17,20-21,25,37H,10-14,18-19H2,1-5H3,(H,39,42)/t21-,25-/m0/s1. The second-order valence-electron chi connectivity index (χ2n) is 12.3. The fraction of sp³-hybridized carbons (Fsp3) is 0.500. The minimum Gasteiger partial charge on any atom is -0.495 e. The van der Waals surface area contributed by atoms with Crippen molar-refractivity contribution in [1.82, 2.24) is 19.8 Å². The lowest BCUT2D eigenvalue weighted by Gasteiger charge is -2.38. The molecule has 0 radical (unpaired) electrons. The van der Waals surface area contributed by atoms with Crippen molar-refractivity contribution >= 4 is 32.5 Å². The molecule has 1 amide bonds. The molecule has 46 heavy (non-hydrogen) atoms. The second-order valence-corrected chi connectivity index (χ2v) is 14.3. The maximum absolute atomic E-state index is 14.0. The third kappa shape index (κ3) is 9.35. The number of amides is 1. The van der Waals surface area contributed by atoms with Gasteiger partial charge in [-0.25, -0.2) is 17.8 Å². The highest BCUT2D eigenvalue weighted by Crippen LogP contribution is 2.28. The molecule has 0 bridgehead atoms. The Morgan fingerprint density at radius 3 is 2.54 bits per heavy atom. The lowest BCUT2D eigenvalue weighted by atomic mass is 9.92. The molecule has 3 aromatic rings. The SMILES string of the molecule is COc1cc(S(C)(=O)=O)ccc1NCC#Cc1cc(C(=O)N[C@H]2CCN(CCC(C)(C)F)C[C@@H]2C)c2ncn(CC(F)(F)F)c2c1. The average Bonchev–Trinajstić information content (AvgIpc) is 3.35. The van der Waals surface area contributed by atoms with Gasteiger partial charge in [-0.3, -0.25) is 4.79 Å². The van der Waals surface area contributed by atoms with Crippen LogP contribution in [0.5, 0.6) is 5.75 Å². The molecule has 4 rings (SSSR count). The molecule has 1 aliphatic rings. The van der Waals surface area contributed by atoms with Crippen LogP contribution < -0.4 is 15.4 Å². The Labute approximate surface area is 266 Å². The van der Waals surface area contributed by atoms with E-state index in [2.05, 4.69) is 32.4 Å². The highest BCUT2D eigenvalue weighted by molar-refractivity contribution is 7.90. The number of imidazole rings is 1. The van der Waals surface area contributed by atoms with E-state index < -0.39 is 34.1 Å². The zero-order chi connectivity index (χ0) is 33.9. The molecule has 1 aliphatic heterocycles. The number of hydrogen-bond acceptors (Lipinski definition) is 7. The van der Waals surface area contributed by atoms with Gasteiger partial charge in [0.15, 0.2) is 9.84 Å².